The van der Waals surface area contributed by atoms with Gasteiger partial charge in [-0.1, -0.05) is 6.42 Å². The number of hydrogen-bond acceptors (Lipinski definition) is 5. The third-order valence-electron chi connectivity index (χ3n) is 3.59. The standard InChI is InChI=1S/C14H25N3O2S2/c1-12(11-17-8-4-3-5-9-17)16-21(18,19)14-7-6-13(20-14)10-15-2/h6-7,12,15-16H,3-5,8-11H2,1-2H3. The first-order valence-electron chi connectivity index (χ1n) is 7.49. The zero-order valence-corrected chi connectivity index (χ0v) is 14.4. The maximum Gasteiger partial charge on any atom is 0.250 e. The number of sulfonamides is 1. The van der Waals surface area contributed by atoms with Gasteiger partial charge in [0.05, 0.1) is 0 Å². The molecule has 0 amide bonds. The molecule has 1 aliphatic heterocycles. The maximum atomic E-state index is 12.4. The fourth-order valence-corrected chi connectivity index (χ4v) is 5.28. The van der Waals surface area contributed by atoms with Gasteiger partial charge in [0.1, 0.15) is 4.21 Å². The van der Waals surface area contributed by atoms with E-state index in [1.54, 1.807) is 6.07 Å². The van der Waals surface area contributed by atoms with Crippen LogP contribution in [0.5, 0.6) is 0 Å². The number of piperidine rings is 1. The Kier molecular flexibility index (Phi) is 6.19. The summed E-state index contributed by atoms with van der Waals surface area (Å²) >= 11 is 1.33. The third-order valence-corrected chi connectivity index (χ3v) is 6.76. The van der Waals surface area contributed by atoms with Gasteiger partial charge in [0.2, 0.25) is 10.0 Å². The Bertz CT molecular complexity index is 536. The Balaban J connectivity index is 1.92. The minimum Gasteiger partial charge on any atom is -0.315 e. The molecule has 21 heavy (non-hydrogen) atoms. The largest absolute Gasteiger partial charge is 0.315 e. The molecule has 5 nitrogen and oxygen atoms in total. The van der Waals surface area contributed by atoms with Gasteiger partial charge in [-0.25, -0.2) is 13.1 Å². The van der Waals surface area contributed by atoms with Gasteiger partial charge in [0.15, 0.2) is 0 Å². The summed E-state index contributed by atoms with van der Waals surface area (Å²) in [6.45, 7) is 5.58. The monoisotopic (exact) mass is 331 g/mol. The molecule has 7 heteroatoms. The number of hydrogen-bond donors (Lipinski definition) is 2. The fraction of sp³-hybridized carbons (Fsp3) is 0.714. The van der Waals surface area contributed by atoms with Crippen molar-refractivity contribution >= 4 is 21.4 Å². The van der Waals surface area contributed by atoms with E-state index in [1.807, 2.05) is 20.0 Å². The summed E-state index contributed by atoms with van der Waals surface area (Å²) in [5, 5.41) is 3.03. The van der Waals surface area contributed by atoms with Crippen LogP contribution in [0.25, 0.3) is 0 Å². The molecule has 2 N–H and O–H groups in total. The number of nitrogens with zero attached hydrogens (tertiary/aromatic N) is 1. The van der Waals surface area contributed by atoms with Crippen LogP contribution in [-0.4, -0.2) is 46.0 Å². The molecule has 1 aromatic rings. The van der Waals surface area contributed by atoms with Crippen LogP contribution >= 0.6 is 11.3 Å². The Morgan fingerprint density at radius 1 is 1.29 bits per heavy atom. The summed E-state index contributed by atoms with van der Waals surface area (Å²) in [5.74, 6) is 0. The van der Waals surface area contributed by atoms with E-state index in [4.69, 9.17) is 0 Å². The van der Waals surface area contributed by atoms with Crippen molar-refractivity contribution in [2.45, 2.75) is 43.0 Å². The van der Waals surface area contributed by atoms with Crippen LogP contribution in [0.3, 0.4) is 0 Å². The van der Waals surface area contributed by atoms with Gasteiger partial charge >= 0.3 is 0 Å². The van der Waals surface area contributed by atoms with Gasteiger partial charge in [-0.3, -0.25) is 0 Å². The lowest BCUT2D eigenvalue weighted by Gasteiger charge is -2.29. The molecule has 0 saturated carbocycles. The predicted octanol–water partition coefficient (Wildman–Crippen LogP) is 1.62. The molecule has 1 unspecified atom stereocenters. The lowest BCUT2D eigenvalue weighted by Crippen LogP contribution is -2.43. The molecular weight excluding hydrogens is 306 g/mol. The Hall–Kier alpha value is -0.470. The molecule has 1 aromatic heterocycles. The van der Waals surface area contributed by atoms with Gasteiger partial charge in [0.25, 0.3) is 0 Å². The minimum absolute atomic E-state index is 0.0667. The van der Waals surface area contributed by atoms with Crippen molar-refractivity contribution in [1.29, 1.82) is 0 Å². The van der Waals surface area contributed by atoms with E-state index in [0.717, 1.165) is 24.5 Å². The second kappa shape index (κ2) is 7.69. The first kappa shape index (κ1) is 16.9. The quantitative estimate of drug-likeness (QED) is 0.797. The van der Waals surface area contributed by atoms with E-state index in [-0.39, 0.29) is 6.04 Å². The normalized spacial score (nSPS) is 18.8. The molecule has 1 atom stereocenters. The zero-order valence-electron chi connectivity index (χ0n) is 12.8. The lowest BCUT2D eigenvalue weighted by atomic mass is 10.1. The van der Waals surface area contributed by atoms with Crippen molar-refractivity contribution in [1.82, 2.24) is 14.9 Å². The Morgan fingerprint density at radius 3 is 2.67 bits per heavy atom. The number of nitrogens with one attached hydrogen (secondary N) is 2. The fourth-order valence-electron chi connectivity index (χ4n) is 2.66. The highest BCUT2D eigenvalue weighted by Gasteiger charge is 2.21. The van der Waals surface area contributed by atoms with Gasteiger partial charge in [-0.15, -0.1) is 11.3 Å². The Labute approximate surface area is 131 Å². The summed E-state index contributed by atoms with van der Waals surface area (Å²) in [6, 6.07) is 3.49. The van der Waals surface area contributed by atoms with Crippen molar-refractivity contribution in [3.05, 3.63) is 17.0 Å². The molecule has 1 aliphatic rings. The predicted molar refractivity (Wildman–Crippen MR) is 87.2 cm³/mol. The topological polar surface area (TPSA) is 61.4 Å². The molecule has 0 spiro atoms. The maximum absolute atomic E-state index is 12.4. The molecule has 0 radical (unpaired) electrons. The first-order chi connectivity index (χ1) is 10.0. The summed E-state index contributed by atoms with van der Waals surface area (Å²) in [7, 11) is -1.54. The van der Waals surface area contributed by atoms with Gasteiger partial charge < -0.3 is 10.2 Å². The van der Waals surface area contributed by atoms with Crippen LogP contribution in [0, 0.1) is 0 Å². The highest BCUT2D eigenvalue weighted by molar-refractivity contribution is 7.91. The number of rotatable bonds is 7. The van der Waals surface area contributed by atoms with E-state index in [2.05, 4.69) is 14.9 Å². The molecular formula is C14H25N3O2S2. The second-order valence-corrected chi connectivity index (χ2v) is 8.74. The molecule has 0 aromatic carbocycles. The van der Waals surface area contributed by atoms with Gasteiger partial charge in [-0.05, 0) is 52.0 Å². The summed E-state index contributed by atoms with van der Waals surface area (Å²) in [5.41, 5.74) is 0. The summed E-state index contributed by atoms with van der Waals surface area (Å²) in [4.78, 5) is 3.37. The van der Waals surface area contributed by atoms with E-state index in [0.29, 0.717) is 10.8 Å². The number of likely N-dealkylation sites (tertiary alicyclic amines) is 1. The molecule has 2 heterocycles. The van der Waals surface area contributed by atoms with E-state index >= 15 is 0 Å². The van der Waals surface area contributed by atoms with Gasteiger partial charge in [-0.2, -0.15) is 0 Å². The van der Waals surface area contributed by atoms with Crippen LogP contribution in [0.1, 0.15) is 31.1 Å². The van der Waals surface area contributed by atoms with Crippen molar-refractivity contribution < 1.29 is 8.42 Å². The highest BCUT2D eigenvalue weighted by Crippen LogP contribution is 2.21. The van der Waals surface area contributed by atoms with E-state index in [1.165, 1.54) is 30.6 Å². The average Bonchev–Trinajstić information content (AvgIpc) is 2.89. The number of thiophene rings is 1. The SMILES string of the molecule is CNCc1ccc(S(=O)(=O)NC(C)CN2CCCCC2)s1. The highest BCUT2D eigenvalue weighted by atomic mass is 32.2. The van der Waals surface area contributed by atoms with Crippen LogP contribution < -0.4 is 10.0 Å². The first-order valence-corrected chi connectivity index (χ1v) is 9.79. The summed E-state index contributed by atoms with van der Waals surface area (Å²) in [6.07, 6.45) is 3.73. The van der Waals surface area contributed by atoms with E-state index < -0.39 is 10.0 Å². The minimum atomic E-state index is -3.39. The van der Waals surface area contributed by atoms with Crippen molar-refractivity contribution in [3.8, 4) is 0 Å². The van der Waals surface area contributed by atoms with Crippen molar-refractivity contribution in [3.63, 3.8) is 0 Å². The molecule has 2 rings (SSSR count). The van der Waals surface area contributed by atoms with Crippen LogP contribution in [0.15, 0.2) is 16.3 Å². The molecule has 1 fully saturated rings. The summed E-state index contributed by atoms with van der Waals surface area (Å²) < 4.78 is 27.9. The van der Waals surface area contributed by atoms with Crippen LogP contribution in [0.4, 0.5) is 0 Å². The van der Waals surface area contributed by atoms with Crippen LogP contribution in [-0.2, 0) is 16.6 Å². The second-order valence-electron chi connectivity index (χ2n) is 5.63. The van der Waals surface area contributed by atoms with Gasteiger partial charge in [0, 0.05) is 24.0 Å². The van der Waals surface area contributed by atoms with Crippen molar-refractivity contribution in [2.24, 2.45) is 0 Å². The lowest BCUT2D eigenvalue weighted by molar-refractivity contribution is 0.215. The molecule has 120 valence electrons. The average molecular weight is 332 g/mol. The zero-order chi connectivity index (χ0) is 15.3. The Morgan fingerprint density at radius 2 is 2.00 bits per heavy atom. The molecule has 1 saturated heterocycles. The molecule has 0 bridgehead atoms. The molecule has 0 aliphatic carbocycles. The van der Waals surface area contributed by atoms with E-state index in [9.17, 15) is 8.42 Å². The third kappa shape index (κ3) is 5.03. The van der Waals surface area contributed by atoms with Crippen molar-refractivity contribution in [2.75, 3.05) is 26.7 Å². The van der Waals surface area contributed by atoms with Crippen LogP contribution in [0.2, 0.25) is 0 Å². The smallest absolute Gasteiger partial charge is 0.250 e.